The molecule has 1 saturated heterocycles. The molecule has 0 radical (unpaired) electrons. The Labute approximate surface area is 267 Å². The molecular formula is C35H41N3O8. The number of hydrogen-bond acceptors (Lipinski definition) is 10. The lowest BCUT2D eigenvalue weighted by Gasteiger charge is -2.54. The predicted molar refractivity (Wildman–Crippen MR) is 170 cm³/mol. The second kappa shape index (κ2) is 11.3. The number of ether oxygens (including phenoxy) is 1. The zero-order chi connectivity index (χ0) is 33.4. The highest BCUT2D eigenvalue weighted by atomic mass is 16.5. The molecule has 46 heavy (non-hydrogen) atoms. The number of fused-ring (bicyclic) bond motifs is 3. The van der Waals surface area contributed by atoms with Gasteiger partial charge in [0.25, 0.3) is 5.91 Å². The van der Waals surface area contributed by atoms with Gasteiger partial charge < -0.3 is 30.9 Å². The third kappa shape index (κ3) is 4.39. The summed E-state index contributed by atoms with van der Waals surface area (Å²) in [6, 6.07) is 8.02. The Bertz CT molecular complexity index is 1720. The number of likely N-dealkylation sites (tertiary alicyclic amines) is 1. The van der Waals surface area contributed by atoms with E-state index >= 15 is 0 Å². The Kier molecular flexibility index (Phi) is 7.77. The first-order valence-electron chi connectivity index (χ1n) is 15.7. The lowest BCUT2D eigenvalue weighted by atomic mass is 9.51. The number of likely N-dealkylation sites (N-methyl/N-ethyl adjacent to an activating group) is 1. The number of primary amides is 1. The van der Waals surface area contributed by atoms with Crippen LogP contribution >= 0.6 is 0 Å². The summed E-state index contributed by atoms with van der Waals surface area (Å²) in [6.45, 7) is 6.46. The van der Waals surface area contributed by atoms with Crippen LogP contribution in [0.15, 0.2) is 47.2 Å². The smallest absolute Gasteiger partial charge is 0.255 e. The molecule has 6 N–H and O–H groups in total. The number of phenols is 1. The van der Waals surface area contributed by atoms with Crippen molar-refractivity contribution in [3.05, 3.63) is 63.9 Å². The molecule has 11 heteroatoms. The van der Waals surface area contributed by atoms with E-state index in [1.165, 1.54) is 11.0 Å². The van der Waals surface area contributed by atoms with Crippen molar-refractivity contribution in [1.29, 1.82) is 0 Å². The maximum absolute atomic E-state index is 14.4. The fourth-order valence-corrected chi connectivity index (χ4v) is 8.68. The van der Waals surface area contributed by atoms with Crippen LogP contribution in [0.5, 0.6) is 11.5 Å². The molecule has 1 aliphatic heterocycles. The zero-order valence-electron chi connectivity index (χ0n) is 26.7. The number of benzene rings is 2. The Balaban J connectivity index is 1.58. The summed E-state index contributed by atoms with van der Waals surface area (Å²) in [6.07, 6.45) is 2.32. The highest BCUT2D eigenvalue weighted by Gasteiger charge is 2.67. The number of aliphatic hydroxyl groups is 3. The van der Waals surface area contributed by atoms with Gasteiger partial charge in [-0.3, -0.25) is 24.2 Å². The Hall–Kier alpha value is -4.19. The monoisotopic (exact) mass is 631 g/mol. The Morgan fingerprint density at radius 3 is 2.35 bits per heavy atom. The minimum atomic E-state index is -2.72. The van der Waals surface area contributed by atoms with Crippen molar-refractivity contribution in [2.45, 2.75) is 50.8 Å². The first kappa shape index (κ1) is 31.8. The number of rotatable bonds is 6. The van der Waals surface area contributed by atoms with Crippen LogP contribution in [0.2, 0.25) is 0 Å². The second-order valence-corrected chi connectivity index (χ2v) is 13.4. The van der Waals surface area contributed by atoms with E-state index in [2.05, 4.69) is 11.0 Å². The summed E-state index contributed by atoms with van der Waals surface area (Å²) < 4.78 is 5.78. The van der Waals surface area contributed by atoms with Crippen LogP contribution < -0.4 is 10.5 Å². The number of nitrogens with zero attached hydrogens (tertiary/aromatic N) is 2. The lowest BCUT2D eigenvalue weighted by Crippen LogP contribution is -2.68. The van der Waals surface area contributed by atoms with Crippen molar-refractivity contribution >= 4 is 23.2 Å². The number of ketones is 2. The Morgan fingerprint density at radius 2 is 1.74 bits per heavy atom. The van der Waals surface area contributed by atoms with Crippen LogP contribution in [0.1, 0.15) is 49.3 Å². The standard InChI is InChI=1S/C35H41N3O8/c1-16-23-17(2)28-29(37(3)4)31(41)27(34(36)44)33(43)35(28,45)32(42)26(23)30(40)25-21(39)10-9-19(24(16)25)20-14-18(8-11-22(20)46-5)15-38-12-6-7-13-38/h8-11,14,16-17,23,28-29,39-40,43,45H,6-7,12-13,15H2,1-5H3,(H2,36,44)/t16-,17+,23+,28+,29+,35+/m1/s1. The van der Waals surface area contributed by atoms with E-state index in [9.17, 15) is 34.8 Å². The number of carbonyl (C=O) groups excluding carboxylic acids is 3. The van der Waals surface area contributed by atoms with Crippen molar-refractivity contribution in [2.75, 3.05) is 34.3 Å². The molecule has 6 atom stereocenters. The van der Waals surface area contributed by atoms with Crippen molar-refractivity contribution in [3.8, 4) is 22.6 Å². The normalized spacial score (nSPS) is 29.6. The van der Waals surface area contributed by atoms with Crippen LogP contribution in [-0.2, 0) is 20.9 Å². The van der Waals surface area contributed by atoms with Gasteiger partial charge in [-0.2, -0.15) is 0 Å². The molecule has 2 fully saturated rings. The van der Waals surface area contributed by atoms with Crippen molar-refractivity contribution in [3.63, 3.8) is 0 Å². The van der Waals surface area contributed by atoms with E-state index in [4.69, 9.17) is 10.5 Å². The van der Waals surface area contributed by atoms with E-state index in [1.807, 2.05) is 19.1 Å². The molecule has 2 aromatic rings. The maximum Gasteiger partial charge on any atom is 0.255 e. The van der Waals surface area contributed by atoms with E-state index in [0.29, 0.717) is 16.9 Å². The number of Topliss-reactive ketones (excluding diaryl/α,β-unsaturated/α-hetero) is 2. The fraction of sp³-hybridized carbons (Fsp3) is 0.457. The number of amides is 1. The van der Waals surface area contributed by atoms with Crippen molar-refractivity contribution in [2.24, 2.45) is 23.5 Å². The van der Waals surface area contributed by atoms with Gasteiger partial charge in [0.1, 0.15) is 28.6 Å². The molecule has 0 unspecified atom stereocenters. The van der Waals surface area contributed by atoms with Crippen LogP contribution in [0.3, 0.4) is 0 Å². The second-order valence-electron chi connectivity index (χ2n) is 13.4. The number of phenolic OH excluding ortho intramolecular Hbond substituents is 1. The van der Waals surface area contributed by atoms with E-state index < -0.39 is 69.9 Å². The van der Waals surface area contributed by atoms with E-state index in [-0.39, 0.29) is 16.9 Å². The number of aliphatic hydroxyl groups excluding tert-OH is 2. The highest BCUT2D eigenvalue weighted by Crippen LogP contribution is 2.59. The minimum absolute atomic E-state index is 0.0421. The fourth-order valence-electron chi connectivity index (χ4n) is 8.68. The molecular weight excluding hydrogens is 590 g/mol. The molecule has 0 aromatic heterocycles. The summed E-state index contributed by atoms with van der Waals surface area (Å²) in [5.41, 5.74) is 4.89. The van der Waals surface area contributed by atoms with Gasteiger partial charge in [0, 0.05) is 29.5 Å². The SMILES string of the molecule is COc1ccc(CN2CCCC2)cc1-c1ccc(O)c2c1[C@H](C)[C@@H]1C(=C2O)C(=O)[C@]2(O)C(O)=C(C(N)=O)C(=O)[C@@H](N(C)C)[C@@H]2[C@H]1C. The van der Waals surface area contributed by atoms with Crippen molar-refractivity contribution < 1.29 is 39.5 Å². The predicted octanol–water partition coefficient (Wildman–Crippen LogP) is 3.04. The van der Waals surface area contributed by atoms with Crippen LogP contribution in [-0.4, -0.2) is 93.6 Å². The summed E-state index contributed by atoms with van der Waals surface area (Å²) >= 11 is 0. The third-order valence-electron chi connectivity index (χ3n) is 10.7. The van der Waals surface area contributed by atoms with Gasteiger partial charge in [0.05, 0.1) is 18.7 Å². The van der Waals surface area contributed by atoms with Gasteiger partial charge in [-0.15, -0.1) is 0 Å². The Morgan fingerprint density at radius 1 is 1.07 bits per heavy atom. The molecule has 0 spiro atoms. The number of hydrogen-bond donors (Lipinski definition) is 5. The number of methoxy groups -OCH3 is 1. The molecule has 244 valence electrons. The van der Waals surface area contributed by atoms with Gasteiger partial charge in [0.15, 0.2) is 11.4 Å². The molecule has 1 amide bonds. The van der Waals surface area contributed by atoms with Gasteiger partial charge in [0.2, 0.25) is 5.78 Å². The van der Waals surface area contributed by atoms with Crippen LogP contribution in [0, 0.1) is 17.8 Å². The molecule has 1 heterocycles. The quantitative estimate of drug-likeness (QED) is 0.298. The number of aromatic hydroxyl groups is 1. The molecule has 6 rings (SSSR count). The summed E-state index contributed by atoms with van der Waals surface area (Å²) in [5, 5.41) is 46.3. The largest absolute Gasteiger partial charge is 0.508 e. The molecule has 2 aromatic carbocycles. The molecule has 0 bridgehead atoms. The number of carbonyl (C=O) groups is 3. The molecule has 1 saturated carbocycles. The molecule has 3 aliphatic carbocycles. The van der Waals surface area contributed by atoms with Gasteiger partial charge in [-0.05, 0) is 86.8 Å². The average molecular weight is 632 g/mol. The summed E-state index contributed by atoms with van der Waals surface area (Å²) in [7, 11) is 4.75. The van der Waals surface area contributed by atoms with Crippen LogP contribution in [0.25, 0.3) is 16.9 Å². The van der Waals surface area contributed by atoms with Gasteiger partial charge in [-0.1, -0.05) is 26.0 Å². The van der Waals surface area contributed by atoms with E-state index in [1.54, 1.807) is 34.2 Å². The minimum Gasteiger partial charge on any atom is -0.508 e. The third-order valence-corrected chi connectivity index (χ3v) is 10.7. The van der Waals surface area contributed by atoms with Crippen LogP contribution in [0.4, 0.5) is 0 Å². The lowest BCUT2D eigenvalue weighted by molar-refractivity contribution is -0.160. The zero-order valence-corrected chi connectivity index (χ0v) is 26.7. The summed E-state index contributed by atoms with van der Waals surface area (Å²) in [5.74, 6) is -7.52. The first-order valence-corrected chi connectivity index (χ1v) is 15.7. The summed E-state index contributed by atoms with van der Waals surface area (Å²) in [4.78, 5) is 44.2. The van der Waals surface area contributed by atoms with Gasteiger partial charge >= 0.3 is 0 Å². The van der Waals surface area contributed by atoms with E-state index in [0.717, 1.165) is 43.6 Å². The van der Waals surface area contributed by atoms with Gasteiger partial charge in [-0.25, -0.2) is 0 Å². The highest BCUT2D eigenvalue weighted by molar-refractivity contribution is 6.24. The first-order chi connectivity index (χ1) is 21.7. The molecule has 11 nitrogen and oxygen atoms in total. The molecule has 4 aliphatic rings. The van der Waals surface area contributed by atoms with Crippen molar-refractivity contribution in [1.82, 2.24) is 9.80 Å². The average Bonchev–Trinajstić information content (AvgIpc) is 3.51. The maximum atomic E-state index is 14.4. The number of nitrogens with two attached hydrogens (primary N) is 1. The topological polar surface area (TPSA) is 174 Å².